The van der Waals surface area contributed by atoms with Crippen molar-refractivity contribution in [2.75, 3.05) is 13.7 Å². The molecular formula is C19H23N3O3. The van der Waals surface area contributed by atoms with E-state index in [1.165, 1.54) is 0 Å². The van der Waals surface area contributed by atoms with Gasteiger partial charge < -0.3 is 19.4 Å². The van der Waals surface area contributed by atoms with Crippen LogP contribution in [0.3, 0.4) is 0 Å². The van der Waals surface area contributed by atoms with Crippen molar-refractivity contribution < 1.29 is 14.3 Å². The van der Waals surface area contributed by atoms with Gasteiger partial charge in [-0.15, -0.1) is 0 Å². The molecule has 0 saturated carbocycles. The van der Waals surface area contributed by atoms with Gasteiger partial charge in [0.2, 0.25) is 5.91 Å². The molecule has 132 valence electrons. The van der Waals surface area contributed by atoms with Gasteiger partial charge in [0.25, 0.3) is 0 Å². The third-order valence-electron chi connectivity index (χ3n) is 5.01. The maximum absolute atomic E-state index is 12.7. The minimum absolute atomic E-state index is 0.0683. The first-order valence-corrected chi connectivity index (χ1v) is 8.75. The Bertz CT molecular complexity index is 799. The number of nitrogens with one attached hydrogen (secondary N) is 1. The van der Waals surface area contributed by atoms with Crippen LogP contribution >= 0.6 is 0 Å². The van der Waals surface area contributed by atoms with Crippen LogP contribution in [0, 0.1) is 12.8 Å². The fourth-order valence-electron chi connectivity index (χ4n) is 3.75. The molecule has 1 N–H and O–H groups in total. The number of amides is 1. The van der Waals surface area contributed by atoms with Crippen LogP contribution in [0.2, 0.25) is 0 Å². The number of ether oxygens (including phenoxy) is 2. The summed E-state index contributed by atoms with van der Waals surface area (Å²) in [4.78, 5) is 17.2. The Morgan fingerprint density at radius 2 is 2.32 bits per heavy atom. The molecule has 4 rings (SSSR count). The molecule has 0 bridgehead atoms. The molecule has 2 aliphatic heterocycles. The van der Waals surface area contributed by atoms with Crippen molar-refractivity contribution >= 4 is 5.91 Å². The maximum Gasteiger partial charge on any atom is 0.227 e. The minimum atomic E-state index is -0.162. The first kappa shape index (κ1) is 16.0. The molecule has 1 aromatic heterocycles. The van der Waals surface area contributed by atoms with E-state index in [9.17, 15) is 4.79 Å². The Morgan fingerprint density at radius 3 is 3.16 bits per heavy atom. The molecular weight excluding hydrogens is 318 g/mol. The number of carbonyl (C=O) groups is 1. The van der Waals surface area contributed by atoms with Gasteiger partial charge in [-0.1, -0.05) is 12.1 Å². The molecule has 0 spiro atoms. The molecule has 0 saturated heterocycles. The van der Waals surface area contributed by atoms with Crippen molar-refractivity contribution in [2.24, 2.45) is 5.92 Å². The fourth-order valence-corrected chi connectivity index (χ4v) is 3.75. The molecule has 2 aliphatic rings. The van der Waals surface area contributed by atoms with Crippen molar-refractivity contribution in [1.29, 1.82) is 0 Å². The zero-order chi connectivity index (χ0) is 17.4. The molecule has 6 heteroatoms. The summed E-state index contributed by atoms with van der Waals surface area (Å²) in [5, 5.41) is 3.20. The zero-order valence-corrected chi connectivity index (χ0v) is 14.6. The van der Waals surface area contributed by atoms with E-state index in [4.69, 9.17) is 9.47 Å². The summed E-state index contributed by atoms with van der Waals surface area (Å²) in [5.74, 6) is 2.52. The van der Waals surface area contributed by atoms with E-state index in [1.54, 1.807) is 7.11 Å². The number of methoxy groups -OCH3 is 1. The van der Waals surface area contributed by atoms with Gasteiger partial charge in [0.15, 0.2) is 11.5 Å². The number of benzene rings is 1. The normalized spacial score (nSPS) is 21.7. The molecule has 0 aliphatic carbocycles. The summed E-state index contributed by atoms with van der Waals surface area (Å²) in [6.45, 7) is 3.19. The van der Waals surface area contributed by atoms with Crippen molar-refractivity contribution in [3.63, 3.8) is 0 Å². The average molecular weight is 341 g/mol. The monoisotopic (exact) mass is 341 g/mol. The first-order chi connectivity index (χ1) is 12.1. The Morgan fingerprint density at radius 1 is 1.44 bits per heavy atom. The lowest BCUT2D eigenvalue weighted by Crippen LogP contribution is -2.46. The van der Waals surface area contributed by atoms with Gasteiger partial charge >= 0.3 is 0 Å². The van der Waals surface area contributed by atoms with Crippen LogP contribution in [0.4, 0.5) is 0 Å². The molecule has 1 aromatic carbocycles. The van der Waals surface area contributed by atoms with Crippen molar-refractivity contribution in [3.05, 3.63) is 41.5 Å². The third kappa shape index (κ3) is 3.08. The SMILES string of the molecule is COc1cccc2c1OC[C@@H](C(=O)N[C@H]1CCc3nc(C)cn3C1)C2. The van der Waals surface area contributed by atoms with Gasteiger partial charge in [-0.3, -0.25) is 4.79 Å². The van der Waals surface area contributed by atoms with Crippen LogP contribution in [0.15, 0.2) is 24.4 Å². The van der Waals surface area contributed by atoms with E-state index in [2.05, 4.69) is 21.1 Å². The Balaban J connectivity index is 1.41. The summed E-state index contributed by atoms with van der Waals surface area (Å²) in [6.07, 6.45) is 4.57. The number of rotatable bonds is 3. The second kappa shape index (κ2) is 6.43. The smallest absolute Gasteiger partial charge is 0.227 e. The van der Waals surface area contributed by atoms with E-state index in [1.807, 2.05) is 25.1 Å². The number of aryl methyl sites for hydroxylation is 2. The van der Waals surface area contributed by atoms with Gasteiger partial charge in [0.1, 0.15) is 12.4 Å². The fraction of sp³-hybridized carbons (Fsp3) is 0.474. The Kier molecular flexibility index (Phi) is 4.11. The third-order valence-corrected chi connectivity index (χ3v) is 5.01. The Hall–Kier alpha value is -2.50. The van der Waals surface area contributed by atoms with Crippen LogP contribution in [0.5, 0.6) is 11.5 Å². The molecule has 3 heterocycles. The number of aromatic nitrogens is 2. The highest BCUT2D eigenvalue weighted by atomic mass is 16.5. The van der Waals surface area contributed by atoms with E-state index < -0.39 is 0 Å². The quantitative estimate of drug-likeness (QED) is 0.926. The van der Waals surface area contributed by atoms with Crippen molar-refractivity contribution in [2.45, 2.75) is 38.8 Å². The highest BCUT2D eigenvalue weighted by Crippen LogP contribution is 2.36. The second-order valence-electron chi connectivity index (χ2n) is 6.86. The van der Waals surface area contributed by atoms with E-state index >= 15 is 0 Å². The maximum atomic E-state index is 12.7. The van der Waals surface area contributed by atoms with E-state index in [0.29, 0.717) is 13.0 Å². The zero-order valence-electron chi connectivity index (χ0n) is 14.6. The Labute approximate surface area is 147 Å². The lowest BCUT2D eigenvalue weighted by Gasteiger charge is -2.29. The van der Waals surface area contributed by atoms with Crippen molar-refractivity contribution in [3.8, 4) is 11.5 Å². The number of hydrogen-bond donors (Lipinski definition) is 1. The number of hydrogen-bond acceptors (Lipinski definition) is 4. The number of para-hydroxylation sites is 1. The molecule has 0 fully saturated rings. The number of imidazole rings is 1. The van der Waals surface area contributed by atoms with E-state index in [-0.39, 0.29) is 17.9 Å². The molecule has 1 amide bonds. The van der Waals surface area contributed by atoms with Gasteiger partial charge in [-0.25, -0.2) is 4.98 Å². The van der Waals surface area contributed by atoms with Crippen LogP contribution in [0.25, 0.3) is 0 Å². The molecule has 2 aromatic rings. The second-order valence-corrected chi connectivity index (χ2v) is 6.86. The van der Waals surface area contributed by atoms with Crippen LogP contribution < -0.4 is 14.8 Å². The van der Waals surface area contributed by atoms with Gasteiger partial charge in [0.05, 0.1) is 18.7 Å². The predicted molar refractivity (Wildman–Crippen MR) is 92.9 cm³/mol. The average Bonchev–Trinajstić information content (AvgIpc) is 3.00. The summed E-state index contributed by atoms with van der Waals surface area (Å²) in [6, 6.07) is 5.97. The predicted octanol–water partition coefficient (Wildman–Crippen LogP) is 1.88. The van der Waals surface area contributed by atoms with Crippen LogP contribution in [0.1, 0.15) is 23.5 Å². The standard InChI is InChI=1S/C19H23N3O3/c1-12-9-22-10-15(6-7-17(22)20-12)21-19(23)14-8-13-4-3-5-16(24-2)18(13)25-11-14/h3-5,9,14-15H,6-8,10-11H2,1-2H3,(H,21,23)/t14-,15-/m0/s1. The summed E-state index contributed by atoms with van der Waals surface area (Å²) in [5.41, 5.74) is 2.06. The summed E-state index contributed by atoms with van der Waals surface area (Å²) < 4.78 is 13.3. The minimum Gasteiger partial charge on any atom is -0.493 e. The summed E-state index contributed by atoms with van der Waals surface area (Å²) in [7, 11) is 1.63. The molecule has 2 atom stereocenters. The largest absolute Gasteiger partial charge is 0.493 e. The lowest BCUT2D eigenvalue weighted by molar-refractivity contribution is -0.127. The highest BCUT2D eigenvalue weighted by molar-refractivity contribution is 5.80. The highest BCUT2D eigenvalue weighted by Gasteiger charge is 2.30. The summed E-state index contributed by atoms with van der Waals surface area (Å²) >= 11 is 0. The molecule has 25 heavy (non-hydrogen) atoms. The van der Waals surface area contributed by atoms with Gasteiger partial charge in [0, 0.05) is 25.2 Å². The van der Waals surface area contributed by atoms with Gasteiger partial charge in [-0.2, -0.15) is 0 Å². The number of nitrogens with zero attached hydrogens (tertiary/aromatic N) is 2. The van der Waals surface area contributed by atoms with E-state index in [0.717, 1.165) is 48.0 Å². The number of carbonyl (C=O) groups excluding carboxylic acids is 1. The van der Waals surface area contributed by atoms with Crippen LogP contribution in [-0.4, -0.2) is 35.2 Å². The lowest BCUT2D eigenvalue weighted by atomic mass is 9.95. The van der Waals surface area contributed by atoms with Crippen LogP contribution in [-0.2, 0) is 24.2 Å². The molecule has 0 unspecified atom stereocenters. The topological polar surface area (TPSA) is 65.4 Å². The molecule has 6 nitrogen and oxygen atoms in total. The van der Waals surface area contributed by atoms with Crippen molar-refractivity contribution in [1.82, 2.24) is 14.9 Å². The van der Waals surface area contributed by atoms with Gasteiger partial charge in [-0.05, 0) is 31.4 Å². The molecule has 0 radical (unpaired) electrons. The first-order valence-electron chi connectivity index (χ1n) is 8.75. The number of fused-ring (bicyclic) bond motifs is 2.